The van der Waals surface area contributed by atoms with Gasteiger partial charge in [-0.2, -0.15) is 0 Å². The van der Waals surface area contributed by atoms with Crippen LogP contribution in [-0.4, -0.2) is 41.1 Å². The number of rotatable bonds is 8. The van der Waals surface area contributed by atoms with Crippen molar-refractivity contribution in [2.75, 3.05) is 26.8 Å². The molecule has 0 spiro atoms. The summed E-state index contributed by atoms with van der Waals surface area (Å²) in [7, 11) is -2.15. The normalized spacial score (nSPS) is 11.6. The van der Waals surface area contributed by atoms with Gasteiger partial charge in [-0.25, -0.2) is 13.1 Å². The highest BCUT2D eigenvalue weighted by Gasteiger charge is 2.15. The van der Waals surface area contributed by atoms with Gasteiger partial charge in [-0.05, 0) is 23.6 Å². The van der Waals surface area contributed by atoms with Crippen molar-refractivity contribution >= 4 is 15.9 Å². The molecule has 0 radical (unpaired) electrons. The SMILES string of the molecule is COCCNC(=O)CNS(=O)(=O)c1ccc(C(C)C)cc1. The van der Waals surface area contributed by atoms with Gasteiger partial charge in [0.25, 0.3) is 0 Å². The zero-order valence-electron chi connectivity index (χ0n) is 12.5. The largest absolute Gasteiger partial charge is 0.383 e. The first kappa shape index (κ1) is 17.6. The summed E-state index contributed by atoms with van der Waals surface area (Å²) in [6, 6.07) is 6.64. The van der Waals surface area contributed by atoms with E-state index >= 15 is 0 Å². The van der Waals surface area contributed by atoms with Crippen LogP contribution >= 0.6 is 0 Å². The summed E-state index contributed by atoms with van der Waals surface area (Å²) in [6.45, 7) is 4.51. The standard InChI is InChI=1S/C14H22N2O4S/c1-11(2)12-4-6-13(7-5-12)21(18,19)16-10-14(17)15-8-9-20-3/h4-7,11,16H,8-10H2,1-3H3,(H,15,17). The van der Waals surface area contributed by atoms with Gasteiger partial charge in [-0.1, -0.05) is 26.0 Å². The van der Waals surface area contributed by atoms with E-state index in [1.165, 1.54) is 7.11 Å². The molecular weight excluding hydrogens is 292 g/mol. The summed E-state index contributed by atoms with van der Waals surface area (Å²) >= 11 is 0. The topological polar surface area (TPSA) is 84.5 Å². The molecule has 0 aromatic heterocycles. The number of methoxy groups -OCH3 is 1. The van der Waals surface area contributed by atoms with Crippen LogP contribution in [0, 0.1) is 0 Å². The fourth-order valence-corrected chi connectivity index (χ4v) is 2.61. The number of hydrogen-bond acceptors (Lipinski definition) is 4. The van der Waals surface area contributed by atoms with Crippen LogP contribution in [0.4, 0.5) is 0 Å². The molecule has 2 N–H and O–H groups in total. The van der Waals surface area contributed by atoms with Gasteiger partial charge in [-0.15, -0.1) is 0 Å². The predicted molar refractivity (Wildman–Crippen MR) is 80.6 cm³/mol. The van der Waals surface area contributed by atoms with Crippen molar-refractivity contribution in [1.82, 2.24) is 10.0 Å². The molecule has 1 aromatic carbocycles. The molecule has 0 bridgehead atoms. The zero-order valence-corrected chi connectivity index (χ0v) is 13.4. The van der Waals surface area contributed by atoms with Crippen molar-refractivity contribution in [3.8, 4) is 0 Å². The zero-order chi connectivity index (χ0) is 15.9. The number of amides is 1. The Morgan fingerprint density at radius 3 is 2.38 bits per heavy atom. The van der Waals surface area contributed by atoms with Gasteiger partial charge < -0.3 is 10.1 Å². The van der Waals surface area contributed by atoms with Gasteiger partial charge in [-0.3, -0.25) is 4.79 Å². The molecule has 0 atom stereocenters. The molecule has 1 rings (SSSR count). The van der Waals surface area contributed by atoms with Gasteiger partial charge in [0, 0.05) is 13.7 Å². The monoisotopic (exact) mass is 314 g/mol. The first-order chi connectivity index (χ1) is 9.86. The van der Waals surface area contributed by atoms with E-state index in [1.54, 1.807) is 24.3 Å². The van der Waals surface area contributed by atoms with Crippen LogP contribution in [0.3, 0.4) is 0 Å². The quantitative estimate of drug-likeness (QED) is 0.697. The van der Waals surface area contributed by atoms with Crippen LogP contribution in [0.15, 0.2) is 29.2 Å². The van der Waals surface area contributed by atoms with Crippen molar-refractivity contribution < 1.29 is 17.9 Å². The van der Waals surface area contributed by atoms with E-state index in [1.807, 2.05) is 13.8 Å². The Kier molecular flexibility index (Phi) is 6.80. The number of carbonyl (C=O) groups is 1. The summed E-state index contributed by atoms with van der Waals surface area (Å²) in [5, 5.41) is 2.54. The van der Waals surface area contributed by atoms with Crippen LogP contribution in [-0.2, 0) is 19.6 Å². The van der Waals surface area contributed by atoms with Crippen molar-refractivity contribution in [3.63, 3.8) is 0 Å². The third-order valence-corrected chi connectivity index (χ3v) is 4.33. The average Bonchev–Trinajstić information content (AvgIpc) is 2.45. The Balaban J connectivity index is 2.59. The van der Waals surface area contributed by atoms with Gasteiger partial charge in [0.05, 0.1) is 18.0 Å². The number of sulfonamides is 1. The van der Waals surface area contributed by atoms with E-state index in [0.29, 0.717) is 19.1 Å². The molecule has 0 aliphatic carbocycles. The minimum atomic E-state index is -3.67. The maximum Gasteiger partial charge on any atom is 0.241 e. The number of ether oxygens (including phenoxy) is 1. The van der Waals surface area contributed by atoms with Gasteiger partial charge >= 0.3 is 0 Å². The smallest absolute Gasteiger partial charge is 0.241 e. The average molecular weight is 314 g/mol. The van der Waals surface area contributed by atoms with Crippen LogP contribution in [0.25, 0.3) is 0 Å². The second-order valence-corrected chi connectivity index (χ2v) is 6.66. The molecule has 0 aliphatic heterocycles. The molecule has 118 valence electrons. The Labute approximate surface area is 125 Å². The van der Waals surface area contributed by atoms with Crippen molar-refractivity contribution in [3.05, 3.63) is 29.8 Å². The molecule has 0 aliphatic rings. The lowest BCUT2D eigenvalue weighted by molar-refractivity contribution is -0.120. The fourth-order valence-electron chi connectivity index (χ4n) is 1.63. The van der Waals surface area contributed by atoms with Crippen LogP contribution in [0.2, 0.25) is 0 Å². The lowest BCUT2D eigenvalue weighted by Gasteiger charge is -2.09. The summed E-state index contributed by atoms with van der Waals surface area (Å²) in [5.74, 6) is -0.0595. The second kappa shape index (κ2) is 8.11. The van der Waals surface area contributed by atoms with E-state index in [9.17, 15) is 13.2 Å². The van der Waals surface area contributed by atoms with Crippen LogP contribution in [0.1, 0.15) is 25.3 Å². The van der Waals surface area contributed by atoms with E-state index < -0.39 is 15.9 Å². The Bertz CT molecular complexity index is 553. The van der Waals surface area contributed by atoms with E-state index in [-0.39, 0.29) is 11.4 Å². The first-order valence-electron chi connectivity index (χ1n) is 6.72. The number of benzene rings is 1. The maximum absolute atomic E-state index is 12.0. The summed E-state index contributed by atoms with van der Waals surface area (Å²) < 4.78 is 31.1. The third-order valence-electron chi connectivity index (χ3n) is 2.91. The molecule has 21 heavy (non-hydrogen) atoms. The van der Waals surface area contributed by atoms with Gasteiger partial charge in [0.1, 0.15) is 0 Å². The molecule has 0 heterocycles. The van der Waals surface area contributed by atoms with E-state index in [4.69, 9.17) is 4.74 Å². The molecular formula is C14H22N2O4S. The van der Waals surface area contributed by atoms with Crippen molar-refractivity contribution in [1.29, 1.82) is 0 Å². The molecule has 0 saturated carbocycles. The highest BCUT2D eigenvalue weighted by molar-refractivity contribution is 7.89. The van der Waals surface area contributed by atoms with E-state index in [0.717, 1.165) is 5.56 Å². The molecule has 1 amide bonds. The highest BCUT2D eigenvalue weighted by atomic mass is 32.2. The molecule has 1 aromatic rings. The lowest BCUT2D eigenvalue weighted by atomic mass is 10.0. The number of carbonyl (C=O) groups excluding carboxylic acids is 1. The van der Waals surface area contributed by atoms with E-state index in [2.05, 4.69) is 10.0 Å². The highest BCUT2D eigenvalue weighted by Crippen LogP contribution is 2.16. The molecule has 6 nitrogen and oxygen atoms in total. The summed E-state index contributed by atoms with van der Waals surface area (Å²) in [6.07, 6.45) is 0. The number of nitrogens with one attached hydrogen (secondary N) is 2. The maximum atomic E-state index is 12.0. The third kappa shape index (κ3) is 5.82. The van der Waals surface area contributed by atoms with Crippen LogP contribution < -0.4 is 10.0 Å². The minimum Gasteiger partial charge on any atom is -0.383 e. The van der Waals surface area contributed by atoms with Crippen molar-refractivity contribution in [2.45, 2.75) is 24.7 Å². The van der Waals surface area contributed by atoms with Gasteiger partial charge in [0.15, 0.2) is 0 Å². The van der Waals surface area contributed by atoms with Crippen LogP contribution in [0.5, 0.6) is 0 Å². The fraction of sp³-hybridized carbons (Fsp3) is 0.500. The minimum absolute atomic E-state index is 0.150. The molecule has 0 saturated heterocycles. The Hall–Kier alpha value is -1.44. The second-order valence-electron chi connectivity index (χ2n) is 4.89. The Morgan fingerprint density at radius 1 is 1.24 bits per heavy atom. The summed E-state index contributed by atoms with van der Waals surface area (Å²) in [5.41, 5.74) is 1.06. The first-order valence-corrected chi connectivity index (χ1v) is 8.20. The molecule has 7 heteroatoms. The molecule has 0 unspecified atom stereocenters. The number of hydrogen-bond donors (Lipinski definition) is 2. The lowest BCUT2D eigenvalue weighted by Crippen LogP contribution is -2.38. The summed E-state index contributed by atoms with van der Waals surface area (Å²) in [4.78, 5) is 11.6. The van der Waals surface area contributed by atoms with Crippen molar-refractivity contribution in [2.24, 2.45) is 0 Å². The Morgan fingerprint density at radius 2 is 1.86 bits per heavy atom. The molecule has 0 fully saturated rings. The predicted octanol–water partition coefficient (Wildman–Crippen LogP) is 0.851. The van der Waals surface area contributed by atoms with Gasteiger partial charge in [0.2, 0.25) is 15.9 Å².